The molecule has 0 saturated carbocycles. The van der Waals surface area contributed by atoms with Gasteiger partial charge in [-0.05, 0) is 0 Å². The Labute approximate surface area is 86.8 Å². The molecule has 2 heterocycles. The SMILES string of the molecule is Nc1cc(Cl)nc(N2CCOCC2)n1. The summed E-state index contributed by atoms with van der Waals surface area (Å²) in [6, 6.07) is 1.53. The van der Waals surface area contributed by atoms with E-state index < -0.39 is 0 Å². The van der Waals surface area contributed by atoms with Crippen molar-refractivity contribution in [3.63, 3.8) is 0 Å². The van der Waals surface area contributed by atoms with Crippen LogP contribution in [-0.2, 0) is 4.74 Å². The van der Waals surface area contributed by atoms with Gasteiger partial charge >= 0.3 is 0 Å². The summed E-state index contributed by atoms with van der Waals surface area (Å²) in [4.78, 5) is 10.2. The summed E-state index contributed by atoms with van der Waals surface area (Å²) in [6.45, 7) is 2.94. The van der Waals surface area contributed by atoms with E-state index in [9.17, 15) is 0 Å². The molecule has 76 valence electrons. The third-order valence-corrected chi connectivity index (χ3v) is 2.19. The Balaban J connectivity index is 2.21. The van der Waals surface area contributed by atoms with Crippen LogP contribution in [0.2, 0.25) is 5.15 Å². The van der Waals surface area contributed by atoms with Gasteiger partial charge in [-0.25, -0.2) is 4.98 Å². The topological polar surface area (TPSA) is 64.3 Å². The zero-order chi connectivity index (χ0) is 9.97. The summed E-state index contributed by atoms with van der Waals surface area (Å²) in [5.41, 5.74) is 5.57. The summed E-state index contributed by atoms with van der Waals surface area (Å²) in [6.07, 6.45) is 0. The van der Waals surface area contributed by atoms with E-state index in [2.05, 4.69) is 9.97 Å². The van der Waals surface area contributed by atoms with Crippen molar-refractivity contribution in [2.24, 2.45) is 0 Å². The van der Waals surface area contributed by atoms with Crippen molar-refractivity contribution in [2.75, 3.05) is 36.9 Å². The summed E-state index contributed by atoms with van der Waals surface area (Å²) in [5, 5.41) is 0.374. The molecule has 1 aromatic rings. The van der Waals surface area contributed by atoms with Gasteiger partial charge in [0.1, 0.15) is 11.0 Å². The molecule has 1 aliphatic rings. The van der Waals surface area contributed by atoms with E-state index in [0.29, 0.717) is 30.1 Å². The molecule has 14 heavy (non-hydrogen) atoms. The predicted octanol–water partition coefficient (Wildman–Crippen LogP) is 0.549. The van der Waals surface area contributed by atoms with Crippen LogP contribution in [0.1, 0.15) is 0 Å². The van der Waals surface area contributed by atoms with Crippen LogP contribution in [0, 0.1) is 0 Å². The van der Waals surface area contributed by atoms with Crippen molar-refractivity contribution < 1.29 is 4.74 Å². The van der Waals surface area contributed by atoms with Crippen LogP contribution >= 0.6 is 11.6 Å². The first-order valence-corrected chi connectivity index (χ1v) is 4.76. The lowest BCUT2D eigenvalue weighted by atomic mass is 10.4. The maximum atomic E-state index is 5.78. The molecule has 1 aromatic heterocycles. The molecule has 2 rings (SSSR count). The van der Waals surface area contributed by atoms with Gasteiger partial charge < -0.3 is 15.4 Å². The molecular formula is C8H11ClN4O. The molecule has 0 atom stereocenters. The Hall–Kier alpha value is -1.07. The van der Waals surface area contributed by atoms with E-state index >= 15 is 0 Å². The minimum Gasteiger partial charge on any atom is -0.383 e. The molecule has 0 unspecified atom stereocenters. The van der Waals surface area contributed by atoms with E-state index in [-0.39, 0.29) is 0 Å². The fourth-order valence-electron chi connectivity index (χ4n) is 1.33. The Morgan fingerprint density at radius 1 is 1.36 bits per heavy atom. The summed E-state index contributed by atoms with van der Waals surface area (Å²) >= 11 is 5.78. The van der Waals surface area contributed by atoms with Gasteiger partial charge in [-0.3, -0.25) is 0 Å². The molecule has 6 heteroatoms. The molecular weight excluding hydrogens is 204 g/mol. The first kappa shape index (κ1) is 9.48. The number of ether oxygens (including phenoxy) is 1. The van der Waals surface area contributed by atoms with Crippen LogP contribution in [0.3, 0.4) is 0 Å². The number of nitrogens with zero attached hydrogens (tertiary/aromatic N) is 3. The first-order chi connectivity index (χ1) is 6.75. The van der Waals surface area contributed by atoms with Crippen LogP contribution in [-0.4, -0.2) is 36.3 Å². The van der Waals surface area contributed by atoms with Crippen molar-refractivity contribution in [3.05, 3.63) is 11.2 Å². The molecule has 0 aliphatic carbocycles. The lowest BCUT2D eigenvalue weighted by Gasteiger charge is -2.26. The Kier molecular flexibility index (Phi) is 2.69. The third kappa shape index (κ3) is 2.05. The number of rotatable bonds is 1. The van der Waals surface area contributed by atoms with E-state index in [1.165, 1.54) is 6.07 Å². The smallest absolute Gasteiger partial charge is 0.228 e. The number of halogens is 1. The average molecular weight is 215 g/mol. The number of aromatic nitrogens is 2. The van der Waals surface area contributed by atoms with Crippen LogP contribution in [0.4, 0.5) is 11.8 Å². The zero-order valence-corrected chi connectivity index (χ0v) is 8.37. The molecule has 0 aromatic carbocycles. The Bertz CT molecular complexity index is 307. The third-order valence-electron chi connectivity index (χ3n) is 2.00. The van der Waals surface area contributed by atoms with Gasteiger partial charge in [0, 0.05) is 19.2 Å². The van der Waals surface area contributed by atoms with Crippen molar-refractivity contribution in [1.82, 2.24) is 9.97 Å². The van der Waals surface area contributed by atoms with E-state index in [4.69, 9.17) is 22.1 Å². The Morgan fingerprint density at radius 2 is 2.07 bits per heavy atom. The lowest BCUT2D eigenvalue weighted by molar-refractivity contribution is 0.122. The van der Waals surface area contributed by atoms with Crippen molar-refractivity contribution in [2.45, 2.75) is 0 Å². The highest BCUT2D eigenvalue weighted by Crippen LogP contribution is 2.15. The van der Waals surface area contributed by atoms with Gasteiger partial charge in [0.05, 0.1) is 13.2 Å². The van der Waals surface area contributed by atoms with E-state index in [1.54, 1.807) is 0 Å². The van der Waals surface area contributed by atoms with Crippen molar-refractivity contribution >= 4 is 23.4 Å². The van der Waals surface area contributed by atoms with Crippen molar-refractivity contribution in [3.8, 4) is 0 Å². The highest BCUT2D eigenvalue weighted by atomic mass is 35.5. The normalized spacial score (nSPS) is 17.1. The van der Waals surface area contributed by atoms with Gasteiger partial charge in [0.25, 0.3) is 0 Å². The lowest BCUT2D eigenvalue weighted by Crippen LogP contribution is -2.37. The molecule has 0 radical (unpaired) electrons. The quantitative estimate of drug-likeness (QED) is 0.692. The number of anilines is 2. The first-order valence-electron chi connectivity index (χ1n) is 4.38. The molecule has 2 N–H and O–H groups in total. The highest BCUT2D eigenvalue weighted by molar-refractivity contribution is 6.29. The van der Waals surface area contributed by atoms with Crippen LogP contribution in [0.5, 0.6) is 0 Å². The molecule has 0 amide bonds. The van der Waals surface area contributed by atoms with Gasteiger partial charge in [-0.2, -0.15) is 4.98 Å². The van der Waals surface area contributed by atoms with Crippen LogP contribution < -0.4 is 10.6 Å². The standard InChI is InChI=1S/C8H11ClN4O/c9-6-5-7(10)12-8(11-6)13-1-3-14-4-2-13/h5H,1-4H2,(H2,10,11,12). The summed E-state index contributed by atoms with van der Waals surface area (Å²) in [7, 11) is 0. The van der Waals surface area contributed by atoms with Crippen LogP contribution in [0.15, 0.2) is 6.07 Å². The van der Waals surface area contributed by atoms with Gasteiger partial charge in [-0.15, -0.1) is 0 Å². The van der Waals surface area contributed by atoms with Gasteiger partial charge in [0.2, 0.25) is 5.95 Å². The largest absolute Gasteiger partial charge is 0.383 e. The highest BCUT2D eigenvalue weighted by Gasteiger charge is 2.14. The molecule has 1 aliphatic heterocycles. The maximum absolute atomic E-state index is 5.78. The fraction of sp³-hybridized carbons (Fsp3) is 0.500. The number of morpholine rings is 1. The minimum absolute atomic E-state index is 0.374. The zero-order valence-electron chi connectivity index (χ0n) is 7.61. The number of hydrogen-bond donors (Lipinski definition) is 1. The average Bonchev–Trinajstić information content (AvgIpc) is 2.18. The van der Waals surface area contributed by atoms with Crippen molar-refractivity contribution in [1.29, 1.82) is 0 Å². The van der Waals surface area contributed by atoms with Gasteiger partial charge in [0.15, 0.2) is 0 Å². The molecule has 0 bridgehead atoms. The van der Waals surface area contributed by atoms with E-state index in [0.717, 1.165) is 13.1 Å². The second-order valence-electron chi connectivity index (χ2n) is 3.01. The second kappa shape index (κ2) is 3.98. The number of nitrogen functional groups attached to an aromatic ring is 1. The predicted molar refractivity (Wildman–Crippen MR) is 54.5 cm³/mol. The summed E-state index contributed by atoms with van der Waals surface area (Å²) < 4.78 is 5.22. The monoisotopic (exact) mass is 214 g/mol. The molecule has 5 nitrogen and oxygen atoms in total. The summed E-state index contributed by atoms with van der Waals surface area (Å²) in [5.74, 6) is 0.977. The Morgan fingerprint density at radius 3 is 2.71 bits per heavy atom. The van der Waals surface area contributed by atoms with Gasteiger partial charge in [-0.1, -0.05) is 11.6 Å². The molecule has 1 saturated heterocycles. The maximum Gasteiger partial charge on any atom is 0.228 e. The second-order valence-corrected chi connectivity index (χ2v) is 3.40. The number of nitrogens with two attached hydrogens (primary N) is 1. The van der Waals surface area contributed by atoms with Crippen LogP contribution in [0.25, 0.3) is 0 Å². The number of hydrogen-bond acceptors (Lipinski definition) is 5. The molecule has 0 spiro atoms. The minimum atomic E-state index is 0.374. The fourth-order valence-corrected chi connectivity index (χ4v) is 1.51. The van der Waals surface area contributed by atoms with E-state index in [1.807, 2.05) is 4.90 Å². The molecule has 1 fully saturated rings.